The molecule has 0 bridgehead atoms. The fourth-order valence-corrected chi connectivity index (χ4v) is 5.67. The predicted octanol–water partition coefficient (Wildman–Crippen LogP) is 9.50. The molecule has 4 aromatic rings. The average molecular weight is 678 g/mol. The Morgan fingerprint density at radius 2 is 1.52 bits per heavy atom. The second-order valence-electron chi connectivity index (χ2n) is 14.2. The van der Waals surface area contributed by atoms with Gasteiger partial charge < -0.3 is 14.8 Å². The van der Waals surface area contributed by atoms with E-state index in [4.69, 9.17) is 9.47 Å². The van der Waals surface area contributed by atoms with Gasteiger partial charge in [-0.25, -0.2) is 4.39 Å². The minimum Gasteiger partial charge on any atom is -0.480 e. The van der Waals surface area contributed by atoms with Gasteiger partial charge in [0.2, 0.25) is 6.10 Å². The van der Waals surface area contributed by atoms with Crippen molar-refractivity contribution in [3.63, 3.8) is 0 Å². The van der Waals surface area contributed by atoms with Gasteiger partial charge in [-0.3, -0.25) is 9.59 Å². The molecule has 7 nitrogen and oxygen atoms in total. The Hall–Kier alpha value is -4.98. The largest absolute Gasteiger partial charge is 0.480 e. The van der Waals surface area contributed by atoms with Crippen molar-refractivity contribution < 1.29 is 23.5 Å². The van der Waals surface area contributed by atoms with Crippen LogP contribution in [0.3, 0.4) is 0 Å². The number of hydrogen-bond donors (Lipinski definition) is 1. The van der Waals surface area contributed by atoms with E-state index in [1.165, 1.54) is 22.7 Å². The standard InChI is InChI=1S/C42H48FN3O4/c1-9-35(50-36-25-16-29(41(5,6)10-2)26-34(36)42(7,8)11-3)39(47)44-31-19-21-32(22-20-31)46-40(48)38(49-33-23-12-27(4)13-24-33)37(45-46)28-14-17-30(43)18-15-28/h12-26,35,38H,9-11H2,1-8H3,(H,44,47). The number of ether oxygens (including phenoxy) is 2. The first-order chi connectivity index (χ1) is 23.8. The van der Waals surface area contributed by atoms with Gasteiger partial charge in [0.15, 0.2) is 6.10 Å². The third kappa shape index (κ3) is 7.91. The molecule has 2 atom stereocenters. The van der Waals surface area contributed by atoms with Crippen molar-refractivity contribution in [3.8, 4) is 11.5 Å². The summed E-state index contributed by atoms with van der Waals surface area (Å²) >= 11 is 0. The molecule has 1 N–H and O–H groups in total. The Labute approximate surface area is 295 Å². The third-order valence-electron chi connectivity index (χ3n) is 9.87. The number of halogens is 1. The van der Waals surface area contributed by atoms with E-state index in [0.717, 1.165) is 29.7 Å². The molecule has 0 fully saturated rings. The van der Waals surface area contributed by atoms with Crippen LogP contribution in [-0.2, 0) is 20.4 Å². The fraction of sp³-hybridized carbons (Fsp3) is 0.357. The Balaban J connectivity index is 1.34. The molecule has 1 aliphatic rings. The Bertz CT molecular complexity index is 1850. The second kappa shape index (κ2) is 14.9. The molecular formula is C42H48FN3O4. The smallest absolute Gasteiger partial charge is 0.294 e. The van der Waals surface area contributed by atoms with Crippen LogP contribution in [0.5, 0.6) is 11.5 Å². The molecule has 4 aromatic carbocycles. The van der Waals surface area contributed by atoms with E-state index < -0.39 is 12.2 Å². The maximum Gasteiger partial charge on any atom is 0.294 e. The second-order valence-corrected chi connectivity index (χ2v) is 14.2. The van der Waals surface area contributed by atoms with Gasteiger partial charge in [0.1, 0.15) is 23.0 Å². The van der Waals surface area contributed by atoms with Crippen molar-refractivity contribution in [1.29, 1.82) is 0 Å². The minimum atomic E-state index is -1.03. The van der Waals surface area contributed by atoms with Crippen LogP contribution in [-0.4, -0.2) is 29.7 Å². The van der Waals surface area contributed by atoms with E-state index in [2.05, 4.69) is 64.1 Å². The monoisotopic (exact) mass is 677 g/mol. The van der Waals surface area contributed by atoms with Crippen LogP contribution in [0, 0.1) is 12.7 Å². The number of hydrazone groups is 1. The molecule has 262 valence electrons. The van der Waals surface area contributed by atoms with E-state index in [0.29, 0.717) is 34.8 Å². The summed E-state index contributed by atoms with van der Waals surface area (Å²) in [5.41, 5.74) is 5.27. The van der Waals surface area contributed by atoms with Crippen molar-refractivity contribution in [2.45, 2.75) is 97.7 Å². The van der Waals surface area contributed by atoms with Crippen molar-refractivity contribution in [1.82, 2.24) is 0 Å². The van der Waals surface area contributed by atoms with Gasteiger partial charge in [0, 0.05) is 16.8 Å². The molecule has 50 heavy (non-hydrogen) atoms. The van der Waals surface area contributed by atoms with E-state index in [1.54, 1.807) is 48.5 Å². The Morgan fingerprint density at radius 1 is 0.880 bits per heavy atom. The lowest BCUT2D eigenvalue weighted by Crippen LogP contribution is -2.37. The van der Waals surface area contributed by atoms with Gasteiger partial charge >= 0.3 is 0 Å². The van der Waals surface area contributed by atoms with Gasteiger partial charge in [0.05, 0.1) is 5.69 Å². The summed E-state index contributed by atoms with van der Waals surface area (Å²) in [6.45, 7) is 17.1. The van der Waals surface area contributed by atoms with Crippen LogP contribution in [0.15, 0.2) is 96.1 Å². The maximum atomic E-state index is 13.7. The molecule has 0 spiro atoms. The van der Waals surface area contributed by atoms with Crippen LogP contribution in [0.1, 0.15) is 90.0 Å². The van der Waals surface area contributed by atoms with Gasteiger partial charge in [-0.1, -0.05) is 90.4 Å². The number of nitrogens with zero attached hydrogens (tertiary/aromatic N) is 2. The summed E-state index contributed by atoms with van der Waals surface area (Å²) in [4.78, 5) is 27.3. The summed E-state index contributed by atoms with van der Waals surface area (Å²) in [5, 5.41) is 8.88. The summed E-state index contributed by atoms with van der Waals surface area (Å²) in [6.07, 6.45) is 0.656. The van der Waals surface area contributed by atoms with Gasteiger partial charge in [-0.2, -0.15) is 10.1 Å². The molecule has 5 rings (SSSR count). The van der Waals surface area contributed by atoms with Crippen molar-refractivity contribution in [2.75, 3.05) is 10.3 Å². The average Bonchev–Trinajstić information content (AvgIpc) is 3.43. The van der Waals surface area contributed by atoms with Gasteiger partial charge in [-0.15, -0.1) is 0 Å². The van der Waals surface area contributed by atoms with Crippen LogP contribution < -0.4 is 19.8 Å². The van der Waals surface area contributed by atoms with Crippen LogP contribution in [0.2, 0.25) is 0 Å². The zero-order valence-corrected chi connectivity index (χ0v) is 30.3. The third-order valence-corrected chi connectivity index (χ3v) is 9.87. The number of carbonyl (C=O) groups excluding carboxylic acids is 2. The lowest BCUT2D eigenvalue weighted by molar-refractivity contribution is -0.123. The summed E-state index contributed by atoms with van der Waals surface area (Å²) in [7, 11) is 0. The molecule has 0 radical (unpaired) electrons. The zero-order chi connectivity index (χ0) is 36.2. The lowest BCUT2D eigenvalue weighted by Gasteiger charge is -2.31. The van der Waals surface area contributed by atoms with Crippen LogP contribution in [0.4, 0.5) is 15.8 Å². The number of amides is 2. The van der Waals surface area contributed by atoms with Crippen molar-refractivity contribution in [3.05, 3.63) is 119 Å². The molecule has 0 aliphatic carbocycles. The number of hydrogen-bond acceptors (Lipinski definition) is 5. The highest BCUT2D eigenvalue weighted by Gasteiger charge is 2.39. The minimum absolute atomic E-state index is 0.0212. The van der Waals surface area contributed by atoms with E-state index in [1.807, 2.05) is 32.0 Å². The topological polar surface area (TPSA) is 80.2 Å². The highest BCUT2D eigenvalue weighted by Crippen LogP contribution is 2.39. The molecule has 8 heteroatoms. The Morgan fingerprint density at radius 3 is 2.12 bits per heavy atom. The van der Waals surface area contributed by atoms with Crippen LogP contribution in [0.25, 0.3) is 0 Å². The highest BCUT2D eigenvalue weighted by molar-refractivity contribution is 6.24. The molecule has 2 amide bonds. The normalized spacial score (nSPS) is 15.5. The summed E-state index contributed by atoms with van der Waals surface area (Å²) < 4.78 is 26.3. The van der Waals surface area contributed by atoms with E-state index in [-0.39, 0.29) is 28.5 Å². The quantitative estimate of drug-likeness (QED) is 0.153. The number of anilines is 2. The lowest BCUT2D eigenvalue weighted by atomic mass is 9.76. The maximum absolute atomic E-state index is 13.7. The van der Waals surface area contributed by atoms with Crippen LogP contribution >= 0.6 is 0 Å². The summed E-state index contributed by atoms with van der Waals surface area (Å²) in [5.74, 6) is 0.190. The highest BCUT2D eigenvalue weighted by atomic mass is 19.1. The van der Waals surface area contributed by atoms with E-state index in [9.17, 15) is 14.0 Å². The Kier molecular flexibility index (Phi) is 10.8. The zero-order valence-electron chi connectivity index (χ0n) is 30.3. The fourth-order valence-electron chi connectivity index (χ4n) is 5.67. The molecular weight excluding hydrogens is 629 g/mol. The molecule has 1 aliphatic heterocycles. The number of nitrogens with one attached hydrogen (secondary N) is 1. The molecule has 0 aromatic heterocycles. The number of aryl methyl sites for hydroxylation is 1. The molecule has 0 saturated carbocycles. The van der Waals surface area contributed by atoms with E-state index >= 15 is 0 Å². The first-order valence-electron chi connectivity index (χ1n) is 17.4. The first-order valence-corrected chi connectivity index (χ1v) is 17.4. The number of rotatable bonds is 13. The van der Waals surface area contributed by atoms with Gasteiger partial charge in [-0.05, 0) is 97.2 Å². The van der Waals surface area contributed by atoms with Crippen molar-refractivity contribution in [2.24, 2.45) is 5.10 Å². The number of carbonyl (C=O) groups is 2. The first kappa shape index (κ1) is 36.3. The SMILES string of the molecule is CCC(Oc1ccc(C(C)(C)CC)cc1C(C)(C)CC)C(=O)Nc1ccc(N2N=C(c3ccc(F)cc3)C(Oc3ccc(C)cc3)C2=O)cc1. The van der Waals surface area contributed by atoms with Crippen molar-refractivity contribution >= 4 is 28.9 Å². The number of benzene rings is 4. The summed E-state index contributed by atoms with van der Waals surface area (Å²) in [6, 6.07) is 26.4. The molecule has 0 saturated heterocycles. The predicted molar refractivity (Wildman–Crippen MR) is 199 cm³/mol. The molecule has 2 unspecified atom stereocenters. The molecule has 1 heterocycles. The van der Waals surface area contributed by atoms with Gasteiger partial charge in [0.25, 0.3) is 11.8 Å².